The van der Waals surface area contributed by atoms with Crippen molar-refractivity contribution in [1.82, 2.24) is 20.5 Å². The van der Waals surface area contributed by atoms with Gasteiger partial charge in [0.05, 0.1) is 11.4 Å². The maximum absolute atomic E-state index is 12.8. The van der Waals surface area contributed by atoms with E-state index in [1.807, 2.05) is 60.7 Å². The van der Waals surface area contributed by atoms with Crippen LogP contribution in [0.25, 0.3) is 22.5 Å². The number of benzene rings is 2. The Hall–Kier alpha value is -3.73. The Bertz CT molecular complexity index is 1120. The quantitative estimate of drug-likeness (QED) is 0.519. The Kier molecular flexibility index (Phi) is 5.47. The fraction of sp³-hybridized carbons (Fsp3) is 0.125. The van der Waals surface area contributed by atoms with E-state index in [-0.39, 0.29) is 5.91 Å². The van der Waals surface area contributed by atoms with E-state index in [1.165, 1.54) is 5.56 Å². The smallest absolute Gasteiger partial charge is 0.251 e. The fourth-order valence-electron chi connectivity index (χ4n) is 3.32. The molecular formula is C24H22N4O. The van der Waals surface area contributed by atoms with Crippen molar-refractivity contribution in [2.75, 3.05) is 6.54 Å². The summed E-state index contributed by atoms with van der Waals surface area (Å²) in [6.07, 6.45) is 2.45. The first kappa shape index (κ1) is 18.6. The largest absolute Gasteiger partial charge is 0.352 e. The first-order chi connectivity index (χ1) is 14.2. The van der Waals surface area contributed by atoms with Crippen molar-refractivity contribution in [1.29, 1.82) is 0 Å². The number of hydrogen-bond donors (Lipinski definition) is 2. The normalized spacial score (nSPS) is 10.7. The standard InChI is InChI=1S/C24H22N4O/c1-17-8-2-3-10-19(17)22-16-23(28-27-22)20-11-4-5-12-21(20)24(29)26-15-13-18-9-6-7-14-25-18/h2-12,14,16H,13,15H2,1H3,(H,26,29)(H,27,28). The molecule has 1 amide bonds. The number of carbonyl (C=O) groups is 1. The van der Waals surface area contributed by atoms with E-state index in [0.717, 1.165) is 28.2 Å². The van der Waals surface area contributed by atoms with Gasteiger partial charge in [-0.1, -0.05) is 48.5 Å². The third-order valence-electron chi connectivity index (χ3n) is 4.85. The van der Waals surface area contributed by atoms with E-state index < -0.39 is 0 Å². The molecule has 0 atom stereocenters. The number of amides is 1. The van der Waals surface area contributed by atoms with Gasteiger partial charge in [-0.15, -0.1) is 0 Å². The van der Waals surface area contributed by atoms with Crippen LogP contribution in [0.5, 0.6) is 0 Å². The summed E-state index contributed by atoms with van der Waals surface area (Å²) in [5.41, 5.74) is 6.32. The molecule has 0 spiro atoms. The topological polar surface area (TPSA) is 70.7 Å². The van der Waals surface area contributed by atoms with Gasteiger partial charge in [-0.3, -0.25) is 14.9 Å². The highest BCUT2D eigenvalue weighted by molar-refractivity contribution is 6.00. The second-order valence-electron chi connectivity index (χ2n) is 6.85. The second-order valence-corrected chi connectivity index (χ2v) is 6.85. The molecule has 0 aliphatic rings. The zero-order valence-electron chi connectivity index (χ0n) is 16.2. The predicted octanol–water partition coefficient (Wildman–Crippen LogP) is 4.42. The molecule has 0 bridgehead atoms. The monoisotopic (exact) mass is 382 g/mol. The van der Waals surface area contributed by atoms with Gasteiger partial charge in [0.25, 0.3) is 5.91 Å². The van der Waals surface area contributed by atoms with Crippen LogP contribution in [-0.2, 0) is 6.42 Å². The minimum Gasteiger partial charge on any atom is -0.352 e. The van der Waals surface area contributed by atoms with Crippen molar-refractivity contribution in [3.05, 3.63) is 95.8 Å². The summed E-state index contributed by atoms with van der Waals surface area (Å²) in [6.45, 7) is 2.60. The zero-order chi connectivity index (χ0) is 20.1. The van der Waals surface area contributed by atoms with E-state index in [2.05, 4.69) is 39.6 Å². The number of nitrogens with zero attached hydrogens (tertiary/aromatic N) is 2. The van der Waals surface area contributed by atoms with Gasteiger partial charge in [-0.25, -0.2) is 0 Å². The van der Waals surface area contributed by atoms with Gasteiger partial charge in [0.1, 0.15) is 0 Å². The van der Waals surface area contributed by atoms with E-state index in [1.54, 1.807) is 6.20 Å². The number of hydrogen-bond acceptors (Lipinski definition) is 3. The number of H-pyrrole nitrogens is 1. The maximum atomic E-state index is 12.8. The number of nitrogens with one attached hydrogen (secondary N) is 2. The van der Waals surface area contributed by atoms with Crippen molar-refractivity contribution in [2.24, 2.45) is 0 Å². The van der Waals surface area contributed by atoms with Crippen LogP contribution in [0.15, 0.2) is 79.0 Å². The second kappa shape index (κ2) is 8.52. The molecular weight excluding hydrogens is 360 g/mol. The van der Waals surface area contributed by atoms with Crippen LogP contribution in [-0.4, -0.2) is 27.6 Å². The first-order valence-corrected chi connectivity index (χ1v) is 9.61. The molecule has 2 heterocycles. The minimum absolute atomic E-state index is 0.114. The number of aromatic nitrogens is 3. The molecule has 0 saturated carbocycles. The molecule has 5 heteroatoms. The molecule has 0 aliphatic carbocycles. The van der Waals surface area contributed by atoms with E-state index in [0.29, 0.717) is 18.5 Å². The third-order valence-corrected chi connectivity index (χ3v) is 4.85. The highest BCUT2D eigenvalue weighted by Crippen LogP contribution is 2.28. The third kappa shape index (κ3) is 4.24. The summed E-state index contributed by atoms with van der Waals surface area (Å²) in [5, 5.41) is 10.6. The van der Waals surface area contributed by atoms with Crippen molar-refractivity contribution in [3.8, 4) is 22.5 Å². The molecule has 4 aromatic rings. The molecule has 2 aromatic heterocycles. The molecule has 0 radical (unpaired) electrons. The Balaban J connectivity index is 1.53. The lowest BCUT2D eigenvalue weighted by Crippen LogP contribution is -2.26. The van der Waals surface area contributed by atoms with E-state index in [9.17, 15) is 4.79 Å². The molecule has 2 N–H and O–H groups in total. The minimum atomic E-state index is -0.114. The molecule has 0 unspecified atom stereocenters. The van der Waals surface area contributed by atoms with Crippen molar-refractivity contribution in [2.45, 2.75) is 13.3 Å². The Morgan fingerprint density at radius 1 is 0.966 bits per heavy atom. The van der Waals surface area contributed by atoms with E-state index >= 15 is 0 Å². The SMILES string of the molecule is Cc1ccccc1-c1cc(-c2ccccc2C(=O)NCCc2ccccn2)n[nH]1. The summed E-state index contributed by atoms with van der Waals surface area (Å²) in [6, 6.07) is 23.5. The number of aromatic amines is 1. The molecule has 0 saturated heterocycles. The number of pyridine rings is 1. The fourth-order valence-corrected chi connectivity index (χ4v) is 3.32. The van der Waals surface area contributed by atoms with Gasteiger partial charge < -0.3 is 5.32 Å². The summed E-state index contributed by atoms with van der Waals surface area (Å²) in [4.78, 5) is 17.1. The molecule has 5 nitrogen and oxygen atoms in total. The van der Waals surface area contributed by atoms with Crippen LogP contribution < -0.4 is 5.32 Å². The lowest BCUT2D eigenvalue weighted by atomic mass is 10.0. The van der Waals surface area contributed by atoms with Crippen LogP contribution in [0.4, 0.5) is 0 Å². The summed E-state index contributed by atoms with van der Waals surface area (Å²) < 4.78 is 0. The van der Waals surface area contributed by atoms with Crippen molar-refractivity contribution >= 4 is 5.91 Å². The molecule has 144 valence electrons. The van der Waals surface area contributed by atoms with Gasteiger partial charge in [0.15, 0.2) is 0 Å². The Morgan fingerprint density at radius 2 is 1.72 bits per heavy atom. The van der Waals surface area contributed by atoms with Gasteiger partial charge in [-0.05, 0) is 36.8 Å². The van der Waals surface area contributed by atoms with Gasteiger partial charge in [0.2, 0.25) is 0 Å². The van der Waals surface area contributed by atoms with Gasteiger partial charge in [-0.2, -0.15) is 5.10 Å². The number of carbonyl (C=O) groups excluding carboxylic acids is 1. The molecule has 0 aliphatic heterocycles. The first-order valence-electron chi connectivity index (χ1n) is 9.61. The zero-order valence-corrected chi connectivity index (χ0v) is 16.2. The van der Waals surface area contributed by atoms with Crippen LogP contribution in [0.3, 0.4) is 0 Å². The van der Waals surface area contributed by atoms with Crippen LogP contribution in [0, 0.1) is 6.92 Å². The highest BCUT2D eigenvalue weighted by atomic mass is 16.1. The Labute approximate surface area is 169 Å². The van der Waals surface area contributed by atoms with Crippen LogP contribution in [0.2, 0.25) is 0 Å². The van der Waals surface area contributed by atoms with Crippen LogP contribution >= 0.6 is 0 Å². The number of rotatable bonds is 6. The summed E-state index contributed by atoms with van der Waals surface area (Å²) in [7, 11) is 0. The maximum Gasteiger partial charge on any atom is 0.251 e. The molecule has 0 fully saturated rings. The predicted molar refractivity (Wildman–Crippen MR) is 114 cm³/mol. The van der Waals surface area contributed by atoms with Gasteiger partial charge >= 0.3 is 0 Å². The lowest BCUT2D eigenvalue weighted by molar-refractivity contribution is 0.0954. The van der Waals surface area contributed by atoms with Crippen molar-refractivity contribution < 1.29 is 4.79 Å². The summed E-state index contributed by atoms with van der Waals surface area (Å²) in [5.74, 6) is -0.114. The molecule has 2 aromatic carbocycles. The number of aryl methyl sites for hydroxylation is 1. The van der Waals surface area contributed by atoms with Gasteiger partial charge in [0, 0.05) is 41.5 Å². The molecule has 29 heavy (non-hydrogen) atoms. The van der Waals surface area contributed by atoms with Crippen molar-refractivity contribution in [3.63, 3.8) is 0 Å². The lowest BCUT2D eigenvalue weighted by Gasteiger charge is -2.08. The molecule has 4 rings (SSSR count). The average Bonchev–Trinajstić information content (AvgIpc) is 3.24. The Morgan fingerprint density at radius 3 is 2.52 bits per heavy atom. The summed E-state index contributed by atoms with van der Waals surface area (Å²) >= 11 is 0. The average molecular weight is 382 g/mol. The highest BCUT2D eigenvalue weighted by Gasteiger charge is 2.15. The van der Waals surface area contributed by atoms with Crippen LogP contribution in [0.1, 0.15) is 21.6 Å². The van der Waals surface area contributed by atoms with E-state index in [4.69, 9.17) is 0 Å².